The largest absolute Gasteiger partial charge is 0.352 e. The average molecular weight is 349 g/mol. The van der Waals surface area contributed by atoms with Gasteiger partial charge in [0.2, 0.25) is 0 Å². The number of hydrogen-bond donors (Lipinski definition) is 1. The van der Waals surface area contributed by atoms with E-state index in [9.17, 15) is 0 Å². The summed E-state index contributed by atoms with van der Waals surface area (Å²) in [5.41, 5.74) is 4.35. The summed E-state index contributed by atoms with van der Waals surface area (Å²) in [5.74, 6) is 0. The summed E-state index contributed by atoms with van der Waals surface area (Å²) in [5, 5.41) is 4.16. The third-order valence-electron chi connectivity index (χ3n) is 4.65. The molecule has 1 N–H and O–H groups in total. The van der Waals surface area contributed by atoms with Crippen molar-refractivity contribution < 1.29 is 0 Å². The van der Waals surface area contributed by atoms with Crippen LogP contribution in [0.15, 0.2) is 61.1 Å². The van der Waals surface area contributed by atoms with Gasteiger partial charge in [-0.15, -0.1) is 0 Å². The first-order chi connectivity index (χ1) is 12.2. The number of likely N-dealkylation sites (N-methyl/N-ethyl adjacent to an activating group) is 1. The monoisotopic (exact) mass is 349 g/mol. The van der Waals surface area contributed by atoms with Gasteiger partial charge < -0.3 is 14.8 Å². The number of hydrogen-bond acceptors (Lipinski definition) is 3. The molecule has 5 nitrogen and oxygen atoms in total. The van der Waals surface area contributed by atoms with Crippen LogP contribution in [0.25, 0.3) is 5.69 Å². The fourth-order valence-electron chi connectivity index (χ4n) is 3.46. The Balaban J connectivity index is 1.84. The quantitative estimate of drug-likeness (QED) is 0.736. The number of thiocarbonyl (C=S) groups is 1. The van der Waals surface area contributed by atoms with Gasteiger partial charge in [-0.2, -0.15) is 0 Å². The minimum atomic E-state index is 0.00317. The van der Waals surface area contributed by atoms with Gasteiger partial charge in [0.25, 0.3) is 0 Å². The molecule has 0 saturated carbocycles. The fourth-order valence-corrected chi connectivity index (χ4v) is 3.70. The Morgan fingerprint density at radius 3 is 2.68 bits per heavy atom. The van der Waals surface area contributed by atoms with Gasteiger partial charge >= 0.3 is 0 Å². The molecule has 0 aromatic carbocycles. The average Bonchev–Trinajstić information content (AvgIpc) is 3.16. The van der Waals surface area contributed by atoms with Gasteiger partial charge in [-0.25, -0.2) is 0 Å². The molecule has 4 rings (SSSR count). The molecular formula is C19H19N5S. The molecule has 1 saturated heterocycles. The van der Waals surface area contributed by atoms with E-state index in [-0.39, 0.29) is 12.1 Å². The van der Waals surface area contributed by atoms with Crippen molar-refractivity contribution in [3.8, 4) is 5.69 Å². The Labute approximate surface area is 152 Å². The van der Waals surface area contributed by atoms with Crippen molar-refractivity contribution in [2.75, 3.05) is 7.05 Å². The Kier molecular flexibility index (Phi) is 3.97. The van der Waals surface area contributed by atoms with E-state index in [1.165, 1.54) is 0 Å². The van der Waals surface area contributed by atoms with Gasteiger partial charge in [0, 0.05) is 30.8 Å². The smallest absolute Gasteiger partial charge is 0.169 e. The van der Waals surface area contributed by atoms with Crippen LogP contribution in [-0.2, 0) is 0 Å². The molecule has 2 unspecified atom stereocenters. The number of aromatic nitrogens is 3. The Morgan fingerprint density at radius 1 is 1.08 bits per heavy atom. The maximum absolute atomic E-state index is 5.53. The van der Waals surface area contributed by atoms with Crippen LogP contribution in [-0.4, -0.2) is 31.6 Å². The molecule has 0 amide bonds. The molecule has 4 heterocycles. The molecule has 1 fully saturated rings. The third-order valence-corrected chi connectivity index (χ3v) is 5.06. The summed E-state index contributed by atoms with van der Waals surface area (Å²) in [6, 6.07) is 14.3. The number of nitrogens with one attached hydrogen (secondary N) is 1. The van der Waals surface area contributed by atoms with E-state index < -0.39 is 0 Å². The molecule has 3 aromatic heterocycles. The normalized spacial score (nSPS) is 19.9. The predicted molar refractivity (Wildman–Crippen MR) is 102 cm³/mol. The molecule has 0 aliphatic carbocycles. The van der Waals surface area contributed by atoms with Crippen LogP contribution >= 0.6 is 12.2 Å². The topological polar surface area (TPSA) is 46.0 Å². The van der Waals surface area contributed by atoms with E-state index in [0.29, 0.717) is 0 Å². The van der Waals surface area contributed by atoms with E-state index in [1.54, 1.807) is 6.20 Å². The van der Waals surface area contributed by atoms with Gasteiger partial charge in [-0.05, 0) is 55.5 Å². The van der Waals surface area contributed by atoms with Crippen LogP contribution in [0.3, 0.4) is 0 Å². The summed E-state index contributed by atoms with van der Waals surface area (Å²) in [7, 11) is 2.03. The molecule has 126 valence electrons. The standard InChI is InChI=1S/C19H19N5S/c1-13-8-9-16(24(13)14-6-5-10-20-12-14)18-17(22-19(25)23(18)2)15-7-3-4-11-21-15/h3-12,17-18H,1-2H3,(H,22,25). The zero-order chi connectivity index (χ0) is 17.4. The molecule has 0 radical (unpaired) electrons. The van der Waals surface area contributed by atoms with E-state index >= 15 is 0 Å². The van der Waals surface area contributed by atoms with Gasteiger partial charge in [-0.1, -0.05) is 6.07 Å². The Hall–Kier alpha value is -2.73. The fraction of sp³-hybridized carbons (Fsp3) is 0.211. The van der Waals surface area contributed by atoms with E-state index in [2.05, 4.69) is 49.9 Å². The lowest BCUT2D eigenvalue weighted by Gasteiger charge is -2.26. The molecule has 0 spiro atoms. The minimum absolute atomic E-state index is 0.00317. The van der Waals surface area contributed by atoms with Crippen molar-refractivity contribution in [3.05, 3.63) is 78.1 Å². The van der Waals surface area contributed by atoms with E-state index in [1.807, 2.05) is 43.7 Å². The van der Waals surface area contributed by atoms with Crippen LogP contribution in [0.2, 0.25) is 0 Å². The molecule has 1 aliphatic heterocycles. The molecule has 0 bridgehead atoms. The van der Waals surface area contributed by atoms with E-state index in [0.717, 1.165) is 27.9 Å². The molecule has 25 heavy (non-hydrogen) atoms. The first-order valence-corrected chi connectivity index (χ1v) is 8.60. The molecule has 6 heteroatoms. The first-order valence-electron chi connectivity index (χ1n) is 8.19. The van der Waals surface area contributed by atoms with Crippen LogP contribution in [0.5, 0.6) is 0 Å². The molecule has 2 atom stereocenters. The lowest BCUT2D eigenvalue weighted by atomic mass is 10.0. The lowest BCUT2D eigenvalue weighted by Crippen LogP contribution is -2.26. The van der Waals surface area contributed by atoms with Crippen LogP contribution in [0.1, 0.15) is 29.2 Å². The second-order valence-corrected chi connectivity index (χ2v) is 6.57. The SMILES string of the molecule is Cc1ccc(C2C(c3ccccn3)NC(=S)N2C)n1-c1cccnc1. The summed E-state index contributed by atoms with van der Waals surface area (Å²) in [6.07, 6.45) is 5.49. The Bertz CT molecular complexity index is 891. The highest BCUT2D eigenvalue weighted by Gasteiger charge is 2.39. The van der Waals surface area contributed by atoms with Crippen molar-refractivity contribution in [2.24, 2.45) is 0 Å². The Morgan fingerprint density at radius 2 is 1.96 bits per heavy atom. The van der Waals surface area contributed by atoms with Crippen molar-refractivity contribution in [1.82, 2.24) is 24.8 Å². The highest BCUT2D eigenvalue weighted by Crippen LogP contribution is 2.38. The zero-order valence-electron chi connectivity index (χ0n) is 14.1. The van der Waals surface area contributed by atoms with Crippen LogP contribution < -0.4 is 5.32 Å². The summed E-state index contributed by atoms with van der Waals surface area (Å²) in [6.45, 7) is 2.10. The van der Waals surface area contributed by atoms with Crippen LogP contribution in [0.4, 0.5) is 0 Å². The highest BCUT2D eigenvalue weighted by atomic mass is 32.1. The summed E-state index contributed by atoms with van der Waals surface area (Å²) >= 11 is 5.53. The predicted octanol–water partition coefficient (Wildman–Crippen LogP) is 3.18. The summed E-state index contributed by atoms with van der Waals surface area (Å²) < 4.78 is 2.24. The van der Waals surface area contributed by atoms with Crippen molar-refractivity contribution in [3.63, 3.8) is 0 Å². The number of nitrogens with zero attached hydrogens (tertiary/aromatic N) is 4. The number of rotatable bonds is 3. The molecular weight excluding hydrogens is 330 g/mol. The number of pyridine rings is 2. The van der Waals surface area contributed by atoms with Gasteiger partial charge in [0.1, 0.15) is 0 Å². The van der Waals surface area contributed by atoms with Gasteiger partial charge in [0.15, 0.2) is 5.11 Å². The van der Waals surface area contributed by atoms with Crippen molar-refractivity contribution in [1.29, 1.82) is 0 Å². The van der Waals surface area contributed by atoms with Crippen LogP contribution in [0, 0.1) is 6.92 Å². The molecule has 3 aromatic rings. The molecule has 1 aliphatic rings. The maximum atomic E-state index is 5.53. The third kappa shape index (κ3) is 2.68. The lowest BCUT2D eigenvalue weighted by molar-refractivity contribution is 0.356. The summed E-state index contributed by atoms with van der Waals surface area (Å²) in [4.78, 5) is 10.9. The number of aryl methyl sites for hydroxylation is 1. The second kappa shape index (κ2) is 6.29. The van der Waals surface area contributed by atoms with Crippen molar-refractivity contribution in [2.45, 2.75) is 19.0 Å². The first kappa shape index (κ1) is 15.8. The maximum Gasteiger partial charge on any atom is 0.169 e. The van der Waals surface area contributed by atoms with Gasteiger partial charge in [-0.3, -0.25) is 9.97 Å². The van der Waals surface area contributed by atoms with E-state index in [4.69, 9.17) is 12.2 Å². The zero-order valence-corrected chi connectivity index (χ0v) is 14.9. The second-order valence-electron chi connectivity index (χ2n) is 6.18. The van der Waals surface area contributed by atoms with Gasteiger partial charge in [0.05, 0.1) is 29.7 Å². The minimum Gasteiger partial charge on any atom is -0.352 e. The van der Waals surface area contributed by atoms with Crippen molar-refractivity contribution >= 4 is 17.3 Å². The highest BCUT2D eigenvalue weighted by molar-refractivity contribution is 7.80.